The lowest BCUT2D eigenvalue weighted by Gasteiger charge is -2.23. The van der Waals surface area contributed by atoms with Crippen molar-refractivity contribution in [1.29, 1.82) is 0 Å². The van der Waals surface area contributed by atoms with Gasteiger partial charge in [0.05, 0.1) is 0 Å². The van der Waals surface area contributed by atoms with Crippen LogP contribution in [0.1, 0.15) is 33.6 Å². The second-order valence-corrected chi connectivity index (χ2v) is 4.60. The summed E-state index contributed by atoms with van der Waals surface area (Å²) in [5, 5.41) is 6.47. The Balaban J connectivity index is 2.62. The van der Waals surface area contributed by atoms with E-state index in [-0.39, 0.29) is 5.83 Å². The highest BCUT2D eigenvalue weighted by Crippen LogP contribution is 2.17. The van der Waals surface area contributed by atoms with Crippen molar-refractivity contribution in [2.75, 3.05) is 19.6 Å². The molecular formula is C14H24FN3. The number of hydrogen-bond acceptors (Lipinski definition) is 3. The van der Waals surface area contributed by atoms with Crippen LogP contribution >= 0.6 is 0 Å². The number of piperidine rings is 1. The molecule has 0 unspecified atom stereocenters. The van der Waals surface area contributed by atoms with Crippen molar-refractivity contribution in [3.05, 3.63) is 23.3 Å². The minimum Gasteiger partial charge on any atom is -0.367 e. The summed E-state index contributed by atoms with van der Waals surface area (Å²) >= 11 is 0. The molecule has 0 amide bonds. The van der Waals surface area contributed by atoms with Crippen LogP contribution in [-0.2, 0) is 0 Å². The first kappa shape index (κ1) is 14.9. The van der Waals surface area contributed by atoms with E-state index >= 15 is 0 Å². The average Bonchev–Trinajstić information content (AvgIpc) is 2.43. The summed E-state index contributed by atoms with van der Waals surface area (Å²) < 4.78 is 14.0. The normalized spacial score (nSPS) is 20.1. The van der Waals surface area contributed by atoms with Crippen molar-refractivity contribution >= 4 is 6.21 Å². The largest absolute Gasteiger partial charge is 0.367 e. The molecule has 1 aliphatic rings. The van der Waals surface area contributed by atoms with Crippen LogP contribution in [0.2, 0.25) is 0 Å². The second-order valence-electron chi connectivity index (χ2n) is 4.60. The third-order valence-corrected chi connectivity index (χ3v) is 3.26. The molecule has 1 rings (SSSR count). The Morgan fingerprint density at radius 2 is 2.06 bits per heavy atom. The van der Waals surface area contributed by atoms with Crippen molar-refractivity contribution in [3.63, 3.8) is 0 Å². The highest BCUT2D eigenvalue weighted by atomic mass is 19.1. The maximum Gasteiger partial charge on any atom is 0.167 e. The molecule has 0 aliphatic carbocycles. The Hall–Kier alpha value is -1.16. The van der Waals surface area contributed by atoms with Gasteiger partial charge < -0.3 is 10.6 Å². The molecule has 1 fully saturated rings. The van der Waals surface area contributed by atoms with Gasteiger partial charge in [-0.1, -0.05) is 6.08 Å². The zero-order chi connectivity index (χ0) is 13.4. The first-order chi connectivity index (χ1) is 8.69. The van der Waals surface area contributed by atoms with E-state index in [1.807, 2.05) is 6.92 Å². The van der Waals surface area contributed by atoms with Crippen molar-refractivity contribution in [1.82, 2.24) is 10.6 Å². The summed E-state index contributed by atoms with van der Waals surface area (Å²) in [5.41, 5.74) is 0.619. The van der Waals surface area contributed by atoms with Crippen LogP contribution in [0.15, 0.2) is 28.3 Å². The number of halogens is 1. The number of rotatable bonds is 5. The zero-order valence-corrected chi connectivity index (χ0v) is 11.6. The maximum absolute atomic E-state index is 14.0. The first-order valence-corrected chi connectivity index (χ1v) is 6.65. The van der Waals surface area contributed by atoms with Gasteiger partial charge >= 0.3 is 0 Å². The van der Waals surface area contributed by atoms with Gasteiger partial charge in [0, 0.05) is 12.8 Å². The lowest BCUT2D eigenvalue weighted by atomic mass is 9.98. The molecule has 0 spiro atoms. The van der Waals surface area contributed by atoms with E-state index in [0.717, 1.165) is 32.5 Å². The number of nitrogens with zero attached hydrogens (tertiary/aromatic N) is 1. The van der Waals surface area contributed by atoms with E-state index in [2.05, 4.69) is 15.6 Å². The molecule has 0 aromatic carbocycles. The van der Waals surface area contributed by atoms with E-state index in [1.165, 1.54) is 0 Å². The minimum absolute atomic E-state index is 0.260. The number of hydrogen-bond donors (Lipinski definition) is 2. The van der Waals surface area contributed by atoms with Crippen LogP contribution in [-0.4, -0.2) is 25.8 Å². The fourth-order valence-electron chi connectivity index (χ4n) is 1.95. The topological polar surface area (TPSA) is 36.4 Å². The monoisotopic (exact) mass is 253 g/mol. The van der Waals surface area contributed by atoms with Crippen molar-refractivity contribution in [3.8, 4) is 0 Å². The Bertz CT molecular complexity index is 339. The molecule has 18 heavy (non-hydrogen) atoms. The molecule has 0 radical (unpaired) electrons. The highest BCUT2D eigenvalue weighted by molar-refractivity contribution is 5.55. The fraction of sp³-hybridized carbons (Fsp3) is 0.643. The highest BCUT2D eigenvalue weighted by Gasteiger charge is 2.14. The summed E-state index contributed by atoms with van der Waals surface area (Å²) in [7, 11) is 0. The lowest BCUT2D eigenvalue weighted by Crippen LogP contribution is -2.33. The third kappa shape index (κ3) is 4.61. The fourth-order valence-corrected chi connectivity index (χ4v) is 1.95. The van der Waals surface area contributed by atoms with Crippen molar-refractivity contribution < 1.29 is 4.39 Å². The molecule has 1 aliphatic heterocycles. The van der Waals surface area contributed by atoms with Crippen LogP contribution in [0.3, 0.4) is 0 Å². The SMILES string of the molecule is CC=N/C(NCC1CCNCC1)=C(F)\C(C)=C/C. The Morgan fingerprint density at radius 3 is 2.61 bits per heavy atom. The van der Waals surface area contributed by atoms with Crippen molar-refractivity contribution in [2.45, 2.75) is 33.6 Å². The molecular weight excluding hydrogens is 229 g/mol. The molecule has 0 atom stereocenters. The van der Waals surface area contributed by atoms with Gasteiger partial charge in [-0.3, -0.25) is 0 Å². The third-order valence-electron chi connectivity index (χ3n) is 3.26. The Morgan fingerprint density at radius 1 is 1.39 bits per heavy atom. The smallest absolute Gasteiger partial charge is 0.167 e. The van der Waals surface area contributed by atoms with Gasteiger partial charge in [-0.05, 0) is 58.2 Å². The summed E-state index contributed by atoms with van der Waals surface area (Å²) in [6, 6.07) is 0. The molecule has 102 valence electrons. The Labute approximate surface area is 109 Å². The molecule has 0 aromatic heterocycles. The van der Waals surface area contributed by atoms with E-state index in [9.17, 15) is 4.39 Å². The molecule has 1 heterocycles. The molecule has 3 nitrogen and oxygen atoms in total. The molecule has 4 heteroatoms. The van der Waals surface area contributed by atoms with Gasteiger partial charge in [0.15, 0.2) is 11.6 Å². The lowest BCUT2D eigenvalue weighted by molar-refractivity contribution is 0.364. The number of nitrogens with one attached hydrogen (secondary N) is 2. The number of aliphatic imine (C=N–C) groups is 1. The maximum atomic E-state index is 14.0. The average molecular weight is 253 g/mol. The van der Waals surface area contributed by atoms with Crippen molar-refractivity contribution in [2.24, 2.45) is 10.9 Å². The van der Waals surface area contributed by atoms with Gasteiger partial charge in [-0.15, -0.1) is 0 Å². The first-order valence-electron chi connectivity index (χ1n) is 6.65. The molecule has 2 N–H and O–H groups in total. The summed E-state index contributed by atoms with van der Waals surface area (Å²) in [5.74, 6) is 0.697. The molecule has 0 saturated carbocycles. The van der Waals surface area contributed by atoms with E-state index in [0.29, 0.717) is 17.3 Å². The minimum atomic E-state index is -0.260. The predicted octanol–water partition coefficient (Wildman–Crippen LogP) is 2.77. The molecule has 0 aromatic rings. The quantitative estimate of drug-likeness (QED) is 0.584. The van der Waals surface area contributed by atoms with Crippen LogP contribution < -0.4 is 10.6 Å². The molecule has 0 bridgehead atoms. The standard InChI is InChI=1S/C14H24FN3/c1-4-11(3)13(15)14(17-5-2)18-10-12-6-8-16-9-7-12/h4-5,12,16,18H,6-10H2,1-3H3/b11-4-,14-13-,17-5?. The zero-order valence-electron chi connectivity index (χ0n) is 11.6. The van der Waals surface area contributed by atoms with E-state index < -0.39 is 0 Å². The van der Waals surface area contributed by atoms with Gasteiger partial charge in [-0.2, -0.15) is 0 Å². The van der Waals surface area contributed by atoms with Crippen LogP contribution in [0.4, 0.5) is 4.39 Å². The Kier molecular flexibility index (Phi) is 6.65. The second kappa shape index (κ2) is 8.03. The van der Waals surface area contributed by atoms with Gasteiger partial charge in [-0.25, -0.2) is 9.38 Å². The van der Waals surface area contributed by atoms with E-state index in [4.69, 9.17) is 0 Å². The van der Waals surface area contributed by atoms with Crippen LogP contribution in [0.5, 0.6) is 0 Å². The van der Waals surface area contributed by atoms with E-state index in [1.54, 1.807) is 26.1 Å². The summed E-state index contributed by atoms with van der Waals surface area (Å²) in [4.78, 5) is 4.09. The van der Waals surface area contributed by atoms with Crippen LogP contribution in [0, 0.1) is 5.92 Å². The van der Waals surface area contributed by atoms with Gasteiger partial charge in [0.25, 0.3) is 0 Å². The molecule has 1 saturated heterocycles. The summed E-state index contributed by atoms with van der Waals surface area (Å²) in [6.07, 6.45) is 5.65. The predicted molar refractivity (Wildman–Crippen MR) is 75.3 cm³/mol. The van der Waals surface area contributed by atoms with Gasteiger partial charge in [0.1, 0.15) is 0 Å². The summed E-state index contributed by atoms with van der Waals surface area (Å²) in [6.45, 7) is 8.28. The van der Waals surface area contributed by atoms with Gasteiger partial charge in [0.2, 0.25) is 0 Å². The van der Waals surface area contributed by atoms with Crippen LogP contribution in [0.25, 0.3) is 0 Å². The number of allylic oxidation sites excluding steroid dienone is 3.